The third kappa shape index (κ3) is 14.7. The van der Waals surface area contributed by atoms with Crippen molar-refractivity contribution in [3.8, 4) is 111 Å². The highest BCUT2D eigenvalue weighted by molar-refractivity contribution is 6.12. The van der Waals surface area contributed by atoms with Crippen LogP contribution in [0.5, 0.6) is 0 Å². The van der Waals surface area contributed by atoms with E-state index >= 15 is 0 Å². The summed E-state index contributed by atoms with van der Waals surface area (Å²) in [4.78, 5) is 2.69. The number of unbranched alkanes of at least 4 members (excludes halogenated alkanes) is 20. The number of nitrogens with zero attached hydrogens (tertiary/aromatic N) is 1. The smallest absolute Gasteiger partial charge is 0.0544 e. The first-order chi connectivity index (χ1) is 62.9. The third-order valence-electron chi connectivity index (χ3n) is 32.9. The zero-order valence-corrected chi connectivity index (χ0v) is 79.7. The first kappa shape index (κ1) is 86.2. The van der Waals surface area contributed by atoms with Crippen molar-refractivity contribution in [1.82, 2.24) is 0 Å². The Morgan fingerprint density at radius 2 is 0.442 bits per heavy atom. The highest BCUT2D eigenvalue weighted by Crippen LogP contribution is 2.64. The lowest BCUT2D eigenvalue weighted by atomic mass is 9.70. The molecule has 0 saturated heterocycles. The maximum absolute atomic E-state index is 2.69. The van der Waals surface area contributed by atoms with E-state index in [1.54, 1.807) is 22.3 Å². The van der Waals surface area contributed by atoms with Gasteiger partial charge in [0.15, 0.2) is 0 Å². The zero-order chi connectivity index (χ0) is 88.6. The van der Waals surface area contributed by atoms with E-state index in [-0.39, 0.29) is 32.5 Å². The van der Waals surface area contributed by atoms with Gasteiger partial charge in [0, 0.05) is 49.0 Å². The number of benzene rings is 14. The minimum atomic E-state index is -0.333. The Morgan fingerprint density at radius 1 is 0.178 bits per heavy atom. The van der Waals surface area contributed by atoms with Gasteiger partial charge in [-0.3, -0.25) is 0 Å². The summed E-state index contributed by atoms with van der Waals surface area (Å²) in [6, 6.07) is 110. The third-order valence-corrected chi connectivity index (χ3v) is 32.9. The van der Waals surface area contributed by atoms with Gasteiger partial charge in [-0.15, -0.1) is 0 Å². The van der Waals surface area contributed by atoms with E-state index in [2.05, 4.69) is 361 Å². The normalized spacial score (nSPS) is 15.4. The minimum absolute atomic E-state index is 0.0154. The second-order valence-electron chi connectivity index (χ2n) is 42.1. The van der Waals surface area contributed by atoms with Crippen LogP contribution in [0.1, 0.15) is 330 Å². The van der Waals surface area contributed by atoms with Crippen LogP contribution >= 0.6 is 0 Å². The summed E-state index contributed by atoms with van der Waals surface area (Å²) >= 11 is 0. The van der Waals surface area contributed by atoms with Crippen molar-refractivity contribution in [2.75, 3.05) is 4.90 Å². The Balaban J connectivity index is 0.683. The molecule has 0 aromatic heterocycles. The largest absolute Gasteiger partial charge is 0.309 e. The van der Waals surface area contributed by atoms with E-state index < -0.39 is 0 Å². The Bertz CT molecular complexity index is 6270. The summed E-state index contributed by atoms with van der Waals surface area (Å²) in [7, 11) is 0. The number of hydrogen-bond donors (Lipinski definition) is 0. The van der Waals surface area contributed by atoms with Crippen molar-refractivity contribution >= 4 is 27.8 Å². The predicted octanol–water partition coefficient (Wildman–Crippen LogP) is 37.7. The summed E-state index contributed by atoms with van der Waals surface area (Å²) in [6.07, 6.45) is 36.4. The average molecular weight is 1690 g/mol. The van der Waals surface area contributed by atoms with Gasteiger partial charge in [0.2, 0.25) is 0 Å². The van der Waals surface area contributed by atoms with E-state index in [4.69, 9.17) is 0 Å². The molecule has 6 aliphatic rings. The van der Waals surface area contributed by atoms with Crippen molar-refractivity contribution in [3.05, 3.63) is 340 Å². The van der Waals surface area contributed by atoms with Gasteiger partial charge in [0.1, 0.15) is 0 Å². The zero-order valence-electron chi connectivity index (χ0n) is 79.7. The molecule has 0 atom stereocenters. The molecular formula is C128H137N. The van der Waals surface area contributed by atoms with Crippen molar-refractivity contribution in [1.29, 1.82) is 0 Å². The van der Waals surface area contributed by atoms with Crippen LogP contribution in [0.3, 0.4) is 0 Å². The molecule has 0 aliphatic heterocycles. The molecule has 6 aliphatic carbocycles. The highest BCUT2D eigenvalue weighted by Gasteiger charge is 2.48. The number of anilines is 3. The second-order valence-corrected chi connectivity index (χ2v) is 42.1. The molecule has 0 saturated carbocycles. The van der Waals surface area contributed by atoms with Crippen LogP contribution in [0.15, 0.2) is 273 Å². The van der Waals surface area contributed by atoms with E-state index in [9.17, 15) is 0 Å². The van der Waals surface area contributed by atoms with E-state index in [0.29, 0.717) is 0 Å². The van der Waals surface area contributed by atoms with Gasteiger partial charge in [-0.05, 0) is 265 Å². The quantitative estimate of drug-likeness (QED) is 0.0358. The van der Waals surface area contributed by atoms with Crippen molar-refractivity contribution in [2.24, 2.45) is 0 Å². The van der Waals surface area contributed by atoms with E-state index in [1.165, 1.54) is 352 Å². The summed E-state index contributed by atoms with van der Waals surface area (Å²) in [5.41, 5.74) is 46.7. The average Bonchev–Trinajstić information content (AvgIpc) is 1.53. The molecular weight excluding hydrogens is 1550 g/mol. The molecule has 129 heavy (non-hydrogen) atoms. The Morgan fingerprint density at radius 3 is 0.845 bits per heavy atom. The molecule has 1 nitrogen and oxygen atoms in total. The molecule has 14 aromatic carbocycles. The molecule has 0 unspecified atom stereocenters. The van der Waals surface area contributed by atoms with Gasteiger partial charge in [-0.2, -0.15) is 0 Å². The van der Waals surface area contributed by atoms with Crippen LogP contribution in [-0.2, 0) is 32.5 Å². The Kier molecular flexibility index (Phi) is 23.5. The van der Waals surface area contributed by atoms with Gasteiger partial charge >= 0.3 is 0 Å². The van der Waals surface area contributed by atoms with Crippen LogP contribution in [0, 0.1) is 0 Å². The summed E-state index contributed by atoms with van der Waals surface area (Å²) in [6.45, 7) is 29.2. The molecule has 14 aromatic rings. The Labute approximate surface area is 773 Å². The number of hydrogen-bond acceptors (Lipinski definition) is 1. The minimum Gasteiger partial charge on any atom is -0.309 e. The number of para-hydroxylation sites is 2. The van der Waals surface area contributed by atoms with Gasteiger partial charge in [-0.25, -0.2) is 0 Å². The fourth-order valence-electron chi connectivity index (χ4n) is 25.8. The molecule has 0 amide bonds. The van der Waals surface area contributed by atoms with Gasteiger partial charge in [-0.1, -0.05) is 443 Å². The fourth-order valence-corrected chi connectivity index (χ4v) is 25.8. The molecule has 0 spiro atoms. The van der Waals surface area contributed by atoms with E-state index in [1.807, 2.05) is 0 Å². The lowest BCUT2D eigenvalue weighted by Crippen LogP contribution is -2.25. The lowest BCUT2D eigenvalue weighted by Gasteiger charge is -2.33. The first-order valence-corrected chi connectivity index (χ1v) is 50.8. The Hall–Kier alpha value is -10.9. The summed E-state index contributed by atoms with van der Waals surface area (Å²) in [5.74, 6) is 0. The highest BCUT2D eigenvalue weighted by atomic mass is 15.1. The first-order valence-electron chi connectivity index (χ1n) is 50.8. The molecule has 0 bridgehead atoms. The molecule has 0 fully saturated rings. The summed E-state index contributed by atoms with van der Waals surface area (Å²) < 4.78 is 0. The predicted molar refractivity (Wildman–Crippen MR) is 555 cm³/mol. The van der Waals surface area contributed by atoms with Gasteiger partial charge in [0.05, 0.1) is 17.1 Å². The van der Waals surface area contributed by atoms with Crippen molar-refractivity contribution < 1.29 is 0 Å². The molecule has 1 heteroatoms. The molecule has 0 N–H and O–H groups in total. The molecule has 0 heterocycles. The maximum atomic E-state index is 2.69. The topological polar surface area (TPSA) is 3.24 Å². The van der Waals surface area contributed by atoms with E-state index in [0.717, 1.165) is 11.4 Å². The lowest BCUT2D eigenvalue weighted by molar-refractivity contribution is 0.398. The SMILES string of the molecule is CCCCCCCCC1(CCCCCCCC)c2ccccc2-c2ccc(-c3ccc4c(c3)C(C)(C)c3cc(-c5ccccc5N(c5ccccc5-c5ccc6c(c5)C(C)(C)c5cc(-c7ccc8c(c7)C(CCCCCCCC)(CCCCCCCC)c7ccccc7-8)ccc5-6)c5cc6c(c7ccccc57)-c5cc7c(cc5C6(C)C)-c5ccccc5C7(C)C)ccc3-4)cc21. The number of rotatable bonds is 35. The van der Waals surface area contributed by atoms with Crippen LogP contribution in [0.25, 0.3) is 122 Å². The molecule has 654 valence electrons. The van der Waals surface area contributed by atoms with Crippen LogP contribution in [0.2, 0.25) is 0 Å². The standard InChI is InChI=1S/C128H137N/c1-13-17-21-25-29-45-73-127(74-46-30-26-22-18-14-2)108-57-41-36-51-94(108)101-69-63-88(79-116(101)127)86-61-67-97-99-71-65-90(81-112(99)124(7,8)110(97)77-86)92-49-38-43-59-119(92)129(121-85-118-122(104-55-34-33-54-103(104)121)106-84-114-105(83-115(106)126(118,11)12)96-53-35-40-56-107(96)123(114,5)6)120-60-44-39-50-93(120)91-66-72-100-98-68-62-87(78-111(98)125(9,10)113(100)82-91)89-64-70-102-95-52-37-42-58-109(95)128(117(102)80-89,75-47-31-27-23-19-15-3)76-48-32-28-24-20-16-4/h33-44,49-72,77-85H,13-32,45-48,73-76H2,1-12H3. The maximum Gasteiger partial charge on any atom is 0.0544 e. The van der Waals surface area contributed by atoms with Gasteiger partial charge < -0.3 is 4.90 Å². The van der Waals surface area contributed by atoms with Gasteiger partial charge in [0.25, 0.3) is 0 Å². The second kappa shape index (κ2) is 35.1. The van der Waals surface area contributed by atoms with Crippen molar-refractivity contribution in [2.45, 2.75) is 295 Å². The number of fused-ring (bicyclic) bond motifs is 20. The van der Waals surface area contributed by atoms with Crippen LogP contribution in [-0.4, -0.2) is 0 Å². The monoisotopic (exact) mass is 1690 g/mol. The molecule has 20 rings (SSSR count). The molecule has 0 radical (unpaired) electrons. The van der Waals surface area contributed by atoms with Crippen LogP contribution in [0.4, 0.5) is 17.1 Å². The van der Waals surface area contributed by atoms with Crippen molar-refractivity contribution in [3.63, 3.8) is 0 Å². The summed E-state index contributed by atoms with van der Waals surface area (Å²) in [5, 5.41) is 2.52. The fraction of sp³-hybridized carbons (Fsp3) is 0.359. The van der Waals surface area contributed by atoms with Crippen LogP contribution < -0.4 is 4.90 Å².